The Bertz CT molecular complexity index is 597. The fourth-order valence-corrected chi connectivity index (χ4v) is 1.82. The minimum atomic E-state index is -1.03. The summed E-state index contributed by atoms with van der Waals surface area (Å²) in [6.45, 7) is 0.555. The molecule has 0 spiro atoms. The summed E-state index contributed by atoms with van der Waals surface area (Å²) in [4.78, 5) is 15.0. The Kier molecular flexibility index (Phi) is 4.01. The molecular formula is C12H13ClN4O2. The van der Waals surface area contributed by atoms with Gasteiger partial charge in [0.1, 0.15) is 16.5 Å². The van der Waals surface area contributed by atoms with Gasteiger partial charge in [-0.2, -0.15) is 5.10 Å². The lowest BCUT2D eigenvalue weighted by Gasteiger charge is -2.08. The summed E-state index contributed by atoms with van der Waals surface area (Å²) < 4.78 is 1.72. The molecule has 0 aromatic carbocycles. The minimum absolute atomic E-state index is 0.107. The number of hydrogen-bond donors (Lipinski definition) is 2. The molecule has 6 nitrogen and oxygen atoms in total. The second kappa shape index (κ2) is 5.71. The SMILES string of the molecule is Cn1cc(CCNc2nc(Cl)ccc2C(=O)O)cn1. The third kappa shape index (κ3) is 3.45. The smallest absolute Gasteiger partial charge is 0.339 e. The summed E-state index contributed by atoms with van der Waals surface area (Å²) >= 11 is 5.76. The summed E-state index contributed by atoms with van der Waals surface area (Å²) in [6.07, 6.45) is 4.40. The molecule has 2 aromatic rings. The number of nitrogens with one attached hydrogen (secondary N) is 1. The molecule has 0 saturated carbocycles. The van der Waals surface area contributed by atoms with Gasteiger partial charge in [-0.1, -0.05) is 11.6 Å². The highest BCUT2D eigenvalue weighted by atomic mass is 35.5. The molecule has 100 valence electrons. The highest BCUT2D eigenvalue weighted by Gasteiger charge is 2.11. The molecule has 0 aliphatic heterocycles. The number of nitrogens with zero attached hydrogens (tertiary/aromatic N) is 3. The van der Waals surface area contributed by atoms with Crippen LogP contribution in [0.15, 0.2) is 24.5 Å². The molecule has 0 bridgehead atoms. The number of anilines is 1. The van der Waals surface area contributed by atoms with Crippen molar-refractivity contribution in [1.82, 2.24) is 14.8 Å². The van der Waals surface area contributed by atoms with E-state index in [9.17, 15) is 4.79 Å². The third-order valence-corrected chi connectivity index (χ3v) is 2.77. The Balaban J connectivity index is 2.02. The van der Waals surface area contributed by atoms with Gasteiger partial charge in [-0.05, 0) is 24.1 Å². The number of aromatic nitrogens is 3. The van der Waals surface area contributed by atoms with Crippen molar-refractivity contribution >= 4 is 23.4 Å². The van der Waals surface area contributed by atoms with Crippen LogP contribution in [-0.2, 0) is 13.5 Å². The van der Waals surface area contributed by atoms with E-state index in [1.807, 2.05) is 13.2 Å². The fourth-order valence-electron chi connectivity index (χ4n) is 1.67. The van der Waals surface area contributed by atoms with Crippen LogP contribution in [0, 0.1) is 0 Å². The minimum Gasteiger partial charge on any atom is -0.478 e. The summed E-state index contributed by atoms with van der Waals surface area (Å²) in [5, 5.41) is 16.3. The highest BCUT2D eigenvalue weighted by molar-refractivity contribution is 6.29. The van der Waals surface area contributed by atoms with Gasteiger partial charge >= 0.3 is 5.97 Å². The van der Waals surface area contributed by atoms with Crippen LogP contribution in [0.25, 0.3) is 0 Å². The van der Waals surface area contributed by atoms with Crippen molar-refractivity contribution in [2.75, 3.05) is 11.9 Å². The molecule has 0 fully saturated rings. The average Bonchev–Trinajstić information content (AvgIpc) is 2.75. The molecule has 0 unspecified atom stereocenters. The Hall–Kier alpha value is -2.08. The molecule has 2 aromatic heterocycles. The fraction of sp³-hybridized carbons (Fsp3) is 0.250. The van der Waals surface area contributed by atoms with Gasteiger partial charge in [-0.15, -0.1) is 0 Å². The zero-order valence-electron chi connectivity index (χ0n) is 10.3. The van der Waals surface area contributed by atoms with Crippen LogP contribution in [0.3, 0.4) is 0 Å². The van der Waals surface area contributed by atoms with Crippen LogP contribution in [0.1, 0.15) is 15.9 Å². The van der Waals surface area contributed by atoms with Crippen LogP contribution in [0.4, 0.5) is 5.82 Å². The van der Waals surface area contributed by atoms with Crippen LogP contribution in [0.2, 0.25) is 5.15 Å². The van der Waals surface area contributed by atoms with E-state index >= 15 is 0 Å². The predicted octanol–water partition coefficient (Wildman–Crippen LogP) is 1.82. The van der Waals surface area contributed by atoms with E-state index in [4.69, 9.17) is 16.7 Å². The summed E-state index contributed by atoms with van der Waals surface area (Å²) in [7, 11) is 1.85. The first-order valence-electron chi connectivity index (χ1n) is 5.67. The number of aromatic carboxylic acids is 1. The van der Waals surface area contributed by atoms with Crippen LogP contribution in [-0.4, -0.2) is 32.4 Å². The van der Waals surface area contributed by atoms with Gasteiger partial charge in [0.25, 0.3) is 0 Å². The van der Waals surface area contributed by atoms with Gasteiger partial charge in [-0.3, -0.25) is 4.68 Å². The predicted molar refractivity (Wildman–Crippen MR) is 71.6 cm³/mol. The van der Waals surface area contributed by atoms with Crippen molar-refractivity contribution in [2.45, 2.75) is 6.42 Å². The largest absolute Gasteiger partial charge is 0.478 e. The van der Waals surface area contributed by atoms with Crippen molar-refractivity contribution in [3.05, 3.63) is 40.8 Å². The number of carbonyl (C=O) groups is 1. The second-order valence-electron chi connectivity index (χ2n) is 4.03. The lowest BCUT2D eigenvalue weighted by atomic mass is 10.2. The van der Waals surface area contributed by atoms with Crippen LogP contribution in [0.5, 0.6) is 0 Å². The highest BCUT2D eigenvalue weighted by Crippen LogP contribution is 2.16. The first-order valence-corrected chi connectivity index (χ1v) is 6.05. The average molecular weight is 281 g/mol. The molecule has 0 radical (unpaired) electrons. The van der Waals surface area contributed by atoms with Crippen LogP contribution >= 0.6 is 11.6 Å². The van der Waals surface area contributed by atoms with Gasteiger partial charge in [-0.25, -0.2) is 9.78 Å². The Morgan fingerprint density at radius 3 is 2.95 bits per heavy atom. The topological polar surface area (TPSA) is 80.0 Å². The standard InChI is InChI=1S/C12H13ClN4O2/c1-17-7-8(6-15-17)4-5-14-11-9(12(18)19)2-3-10(13)16-11/h2-3,6-7H,4-5H2,1H3,(H,14,16)(H,18,19). The van der Waals surface area contributed by atoms with Crippen molar-refractivity contribution in [3.63, 3.8) is 0 Å². The number of aryl methyl sites for hydroxylation is 1. The number of carboxylic acids is 1. The Morgan fingerprint density at radius 1 is 1.53 bits per heavy atom. The van der Waals surface area contributed by atoms with Crippen molar-refractivity contribution in [2.24, 2.45) is 7.05 Å². The van der Waals surface area contributed by atoms with E-state index in [0.29, 0.717) is 6.54 Å². The summed E-state index contributed by atoms with van der Waals surface area (Å²) in [6, 6.07) is 2.89. The molecule has 0 saturated heterocycles. The van der Waals surface area contributed by atoms with Crippen molar-refractivity contribution in [1.29, 1.82) is 0 Å². The first-order chi connectivity index (χ1) is 9.06. The van der Waals surface area contributed by atoms with E-state index in [1.54, 1.807) is 10.9 Å². The zero-order valence-corrected chi connectivity index (χ0v) is 11.1. The maximum absolute atomic E-state index is 11.0. The molecule has 0 atom stereocenters. The molecule has 19 heavy (non-hydrogen) atoms. The lowest BCUT2D eigenvalue weighted by molar-refractivity contribution is 0.0697. The number of rotatable bonds is 5. The summed E-state index contributed by atoms with van der Waals surface area (Å²) in [5.41, 5.74) is 1.17. The Labute approximate surface area is 115 Å². The lowest BCUT2D eigenvalue weighted by Crippen LogP contribution is -2.11. The van der Waals surface area contributed by atoms with Crippen molar-refractivity contribution in [3.8, 4) is 0 Å². The number of pyridine rings is 1. The first kappa shape index (κ1) is 13.4. The zero-order chi connectivity index (χ0) is 13.8. The number of hydrogen-bond acceptors (Lipinski definition) is 4. The van der Waals surface area contributed by atoms with Gasteiger partial charge in [0, 0.05) is 19.8 Å². The van der Waals surface area contributed by atoms with E-state index < -0.39 is 5.97 Å². The maximum atomic E-state index is 11.0. The normalized spacial score (nSPS) is 10.4. The van der Waals surface area contributed by atoms with Crippen LogP contribution < -0.4 is 5.32 Å². The van der Waals surface area contributed by atoms with E-state index in [1.165, 1.54) is 12.1 Å². The second-order valence-corrected chi connectivity index (χ2v) is 4.42. The number of carboxylic acid groups (broad SMARTS) is 1. The number of halogens is 1. The quantitative estimate of drug-likeness (QED) is 0.817. The molecule has 0 amide bonds. The van der Waals surface area contributed by atoms with E-state index in [2.05, 4.69) is 15.4 Å². The van der Waals surface area contributed by atoms with Gasteiger partial charge in [0.2, 0.25) is 0 Å². The summed E-state index contributed by atoms with van der Waals surface area (Å²) in [5.74, 6) is -0.753. The Morgan fingerprint density at radius 2 is 2.32 bits per heavy atom. The van der Waals surface area contributed by atoms with E-state index in [0.717, 1.165) is 12.0 Å². The van der Waals surface area contributed by atoms with Gasteiger partial charge < -0.3 is 10.4 Å². The molecule has 2 rings (SSSR count). The molecule has 2 N–H and O–H groups in total. The third-order valence-electron chi connectivity index (χ3n) is 2.56. The van der Waals surface area contributed by atoms with Gasteiger partial charge in [0.15, 0.2) is 0 Å². The maximum Gasteiger partial charge on any atom is 0.339 e. The molecular weight excluding hydrogens is 268 g/mol. The monoisotopic (exact) mass is 280 g/mol. The van der Waals surface area contributed by atoms with Crippen molar-refractivity contribution < 1.29 is 9.90 Å². The molecule has 2 heterocycles. The molecule has 7 heteroatoms. The molecule has 0 aliphatic rings. The van der Waals surface area contributed by atoms with E-state index in [-0.39, 0.29) is 16.5 Å². The molecule has 0 aliphatic carbocycles. The van der Waals surface area contributed by atoms with Gasteiger partial charge in [0.05, 0.1) is 6.20 Å².